The molecule has 1 aliphatic rings. The van der Waals surface area contributed by atoms with E-state index in [-0.39, 0.29) is 11.5 Å². The molecule has 1 atom stereocenters. The van der Waals surface area contributed by atoms with Gasteiger partial charge in [0, 0.05) is 6.21 Å². The van der Waals surface area contributed by atoms with Crippen molar-refractivity contribution < 1.29 is 14.7 Å². The first-order chi connectivity index (χ1) is 7.20. The monoisotopic (exact) mass is 204 g/mol. The van der Waals surface area contributed by atoms with Crippen LogP contribution in [0.4, 0.5) is 0 Å². The molecule has 76 valence electrons. The highest BCUT2D eigenvalue weighted by molar-refractivity contribution is 6.05. The average Bonchev–Trinajstić information content (AvgIpc) is 2.64. The van der Waals surface area contributed by atoms with Crippen LogP contribution in [0.25, 0.3) is 0 Å². The molecule has 0 saturated heterocycles. The number of carbonyl (C=O) groups is 2. The van der Waals surface area contributed by atoms with Gasteiger partial charge in [-0.3, -0.25) is 4.79 Å². The summed E-state index contributed by atoms with van der Waals surface area (Å²) in [4.78, 5) is 22.2. The zero-order chi connectivity index (χ0) is 10.8. The summed E-state index contributed by atoms with van der Waals surface area (Å²) in [6.07, 6.45) is 1.41. The molecule has 1 heterocycles. The number of nitrogens with one attached hydrogen (secondary N) is 1. The minimum Gasteiger partial charge on any atom is -0.478 e. The number of amides is 1. The maximum absolute atomic E-state index is 11.3. The standard InChI is InChI=1S/C10H8N2O3/c13-9-8(5-11-12-9)6-3-1-2-4-7(6)10(14)15/h1-5,8H,(H,12,13)(H,14,15). The fraction of sp³-hybridized carbons (Fsp3) is 0.100. The fourth-order valence-electron chi connectivity index (χ4n) is 1.50. The maximum atomic E-state index is 11.3. The Morgan fingerprint density at radius 2 is 2.13 bits per heavy atom. The van der Waals surface area contributed by atoms with Crippen LogP contribution in [-0.2, 0) is 4.79 Å². The summed E-state index contributed by atoms with van der Waals surface area (Å²) in [5, 5.41) is 12.5. The lowest BCUT2D eigenvalue weighted by Gasteiger charge is -2.08. The predicted octanol–water partition coefficient (Wildman–Crippen LogP) is 0.584. The van der Waals surface area contributed by atoms with Crippen molar-refractivity contribution in [2.75, 3.05) is 0 Å². The Balaban J connectivity index is 2.47. The van der Waals surface area contributed by atoms with E-state index >= 15 is 0 Å². The van der Waals surface area contributed by atoms with Crippen LogP contribution in [0, 0.1) is 0 Å². The number of hydrogen-bond acceptors (Lipinski definition) is 3. The van der Waals surface area contributed by atoms with Crippen LogP contribution < -0.4 is 5.43 Å². The summed E-state index contributed by atoms with van der Waals surface area (Å²) < 4.78 is 0. The number of carboxylic acid groups (broad SMARTS) is 1. The van der Waals surface area contributed by atoms with Gasteiger partial charge in [-0.15, -0.1) is 0 Å². The quantitative estimate of drug-likeness (QED) is 0.739. The van der Waals surface area contributed by atoms with Crippen LogP contribution in [-0.4, -0.2) is 23.2 Å². The lowest BCUT2D eigenvalue weighted by molar-refractivity contribution is -0.120. The van der Waals surface area contributed by atoms with E-state index in [9.17, 15) is 9.59 Å². The van der Waals surface area contributed by atoms with E-state index in [2.05, 4.69) is 10.5 Å². The molecule has 5 nitrogen and oxygen atoms in total. The van der Waals surface area contributed by atoms with Crippen LogP contribution in [0.2, 0.25) is 0 Å². The number of carbonyl (C=O) groups excluding carboxylic acids is 1. The Hall–Kier alpha value is -2.17. The van der Waals surface area contributed by atoms with Gasteiger partial charge >= 0.3 is 5.97 Å². The van der Waals surface area contributed by atoms with Crippen molar-refractivity contribution in [2.24, 2.45) is 5.10 Å². The minimum atomic E-state index is -1.04. The molecule has 1 amide bonds. The molecule has 1 unspecified atom stereocenters. The SMILES string of the molecule is O=C(O)c1ccccc1C1C=NNC1=O. The van der Waals surface area contributed by atoms with Crippen LogP contribution in [0.1, 0.15) is 21.8 Å². The Morgan fingerprint density at radius 3 is 2.73 bits per heavy atom. The number of hydrazone groups is 1. The molecule has 2 N–H and O–H groups in total. The van der Waals surface area contributed by atoms with Gasteiger partial charge < -0.3 is 5.11 Å². The zero-order valence-corrected chi connectivity index (χ0v) is 7.68. The first-order valence-corrected chi connectivity index (χ1v) is 4.35. The lowest BCUT2D eigenvalue weighted by atomic mass is 9.95. The van der Waals surface area contributed by atoms with Gasteiger partial charge in [0.15, 0.2) is 0 Å². The van der Waals surface area contributed by atoms with Crippen LogP contribution >= 0.6 is 0 Å². The van der Waals surface area contributed by atoms with E-state index in [4.69, 9.17) is 5.11 Å². The number of nitrogens with zero attached hydrogens (tertiary/aromatic N) is 1. The van der Waals surface area contributed by atoms with E-state index in [0.29, 0.717) is 5.56 Å². The number of aromatic carboxylic acids is 1. The smallest absolute Gasteiger partial charge is 0.336 e. The molecular weight excluding hydrogens is 196 g/mol. The van der Waals surface area contributed by atoms with E-state index in [1.165, 1.54) is 12.3 Å². The molecule has 0 saturated carbocycles. The molecule has 15 heavy (non-hydrogen) atoms. The first kappa shape index (κ1) is 9.39. The van der Waals surface area contributed by atoms with Gasteiger partial charge in [0.05, 0.1) is 5.56 Å². The van der Waals surface area contributed by atoms with Crippen molar-refractivity contribution in [1.82, 2.24) is 5.43 Å². The second kappa shape index (κ2) is 3.53. The third kappa shape index (κ3) is 1.59. The molecule has 0 fully saturated rings. The van der Waals surface area contributed by atoms with Crippen LogP contribution in [0.15, 0.2) is 29.4 Å². The van der Waals surface area contributed by atoms with Gasteiger partial charge in [-0.1, -0.05) is 18.2 Å². The Bertz CT molecular complexity index is 454. The van der Waals surface area contributed by atoms with Crippen LogP contribution in [0.3, 0.4) is 0 Å². The average molecular weight is 204 g/mol. The van der Waals surface area contributed by atoms with Crippen molar-refractivity contribution in [1.29, 1.82) is 0 Å². The summed E-state index contributed by atoms with van der Waals surface area (Å²) in [6, 6.07) is 6.40. The summed E-state index contributed by atoms with van der Waals surface area (Å²) in [5.41, 5.74) is 2.86. The Kier molecular flexibility index (Phi) is 2.21. The van der Waals surface area contributed by atoms with Crippen molar-refractivity contribution in [3.05, 3.63) is 35.4 Å². The number of benzene rings is 1. The molecule has 0 bridgehead atoms. The first-order valence-electron chi connectivity index (χ1n) is 4.35. The molecular formula is C10H8N2O3. The Morgan fingerprint density at radius 1 is 1.40 bits per heavy atom. The largest absolute Gasteiger partial charge is 0.478 e. The van der Waals surface area contributed by atoms with Gasteiger partial charge in [0.1, 0.15) is 5.92 Å². The van der Waals surface area contributed by atoms with E-state index in [1.807, 2.05) is 0 Å². The van der Waals surface area contributed by atoms with Gasteiger partial charge in [0.2, 0.25) is 0 Å². The lowest BCUT2D eigenvalue weighted by Crippen LogP contribution is -2.20. The predicted molar refractivity (Wildman–Crippen MR) is 52.8 cm³/mol. The molecule has 0 radical (unpaired) electrons. The fourth-order valence-corrected chi connectivity index (χ4v) is 1.50. The van der Waals surface area contributed by atoms with Crippen LogP contribution in [0.5, 0.6) is 0 Å². The molecule has 1 aromatic carbocycles. The molecule has 2 rings (SSSR count). The topological polar surface area (TPSA) is 78.8 Å². The van der Waals surface area contributed by atoms with E-state index in [1.54, 1.807) is 18.2 Å². The normalized spacial score (nSPS) is 18.9. The second-order valence-electron chi connectivity index (χ2n) is 3.12. The number of hydrogen-bond donors (Lipinski definition) is 2. The summed E-state index contributed by atoms with van der Waals surface area (Å²) in [5.74, 6) is -1.94. The molecule has 0 aliphatic carbocycles. The van der Waals surface area contributed by atoms with Gasteiger partial charge in [-0.05, 0) is 11.6 Å². The van der Waals surface area contributed by atoms with Gasteiger partial charge in [-0.2, -0.15) is 5.10 Å². The van der Waals surface area contributed by atoms with Crippen molar-refractivity contribution >= 4 is 18.1 Å². The Labute approximate surface area is 85.4 Å². The maximum Gasteiger partial charge on any atom is 0.336 e. The number of rotatable bonds is 2. The number of carboxylic acids is 1. The third-order valence-electron chi connectivity index (χ3n) is 2.21. The van der Waals surface area contributed by atoms with Crippen molar-refractivity contribution in [3.63, 3.8) is 0 Å². The van der Waals surface area contributed by atoms with Crippen molar-refractivity contribution in [2.45, 2.75) is 5.92 Å². The van der Waals surface area contributed by atoms with Gasteiger partial charge in [-0.25, -0.2) is 10.2 Å². The molecule has 1 aromatic rings. The highest BCUT2D eigenvalue weighted by atomic mass is 16.4. The minimum absolute atomic E-state index is 0.131. The molecule has 1 aliphatic heterocycles. The molecule has 5 heteroatoms. The second-order valence-corrected chi connectivity index (χ2v) is 3.12. The van der Waals surface area contributed by atoms with Gasteiger partial charge in [0.25, 0.3) is 5.91 Å². The molecule has 0 spiro atoms. The van der Waals surface area contributed by atoms with Crippen molar-refractivity contribution in [3.8, 4) is 0 Å². The zero-order valence-electron chi connectivity index (χ0n) is 7.68. The summed E-state index contributed by atoms with van der Waals surface area (Å²) in [7, 11) is 0. The highest BCUT2D eigenvalue weighted by Gasteiger charge is 2.26. The highest BCUT2D eigenvalue weighted by Crippen LogP contribution is 2.21. The molecule has 0 aromatic heterocycles. The third-order valence-corrected chi connectivity index (χ3v) is 2.21. The summed E-state index contributed by atoms with van der Waals surface area (Å²) >= 11 is 0. The summed E-state index contributed by atoms with van der Waals surface area (Å²) in [6.45, 7) is 0. The van der Waals surface area contributed by atoms with E-state index < -0.39 is 11.9 Å². The van der Waals surface area contributed by atoms with E-state index in [0.717, 1.165) is 0 Å².